The Bertz CT molecular complexity index is 1990. The van der Waals surface area contributed by atoms with Crippen molar-refractivity contribution in [2.45, 2.75) is 78.5 Å². The Hall–Kier alpha value is -4.78. The Morgan fingerprint density at radius 1 is 1.12 bits per heavy atom. The van der Waals surface area contributed by atoms with E-state index in [-0.39, 0.29) is 38.7 Å². The largest absolute Gasteiger partial charge is 0.508 e. The highest BCUT2D eigenvalue weighted by Gasteiger charge is 2.52. The Labute approximate surface area is 287 Å². The van der Waals surface area contributed by atoms with Crippen LogP contribution in [0.15, 0.2) is 63.3 Å². The number of carbonyl (C=O) groups excluding carboxylic acids is 2. The summed E-state index contributed by atoms with van der Waals surface area (Å²) in [7, 11) is 0. The van der Waals surface area contributed by atoms with Gasteiger partial charge in [-0.05, 0) is 95.5 Å². The van der Waals surface area contributed by atoms with Crippen molar-refractivity contribution in [3.63, 3.8) is 0 Å². The van der Waals surface area contributed by atoms with Gasteiger partial charge in [0.15, 0.2) is 23.1 Å². The number of anilines is 1. The number of aromatic hydroxyl groups is 2. The zero-order chi connectivity index (χ0) is 35.8. The van der Waals surface area contributed by atoms with Gasteiger partial charge < -0.3 is 44.2 Å². The van der Waals surface area contributed by atoms with Crippen LogP contribution in [0.2, 0.25) is 5.02 Å². The Balaban J connectivity index is 1.40. The molecule has 0 aliphatic carbocycles. The first-order valence-electron chi connectivity index (χ1n) is 15.7. The quantitative estimate of drug-likeness (QED) is 0.0749. The van der Waals surface area contributed by atoms with E-state index in [0.717, 1.165) is 11.3 Å². The second-order valence-electron chi connectivity index (χ2n) is 12.8. The molecule has 260 valence electrons. The number of allylic oxidation sites excluding steroid dienone is 2. The van der Waals surface area contributed by atoms with Crippen LogP contribution in [0.5, 0.6) is 17.2 Å². The first kappa shape index (κ1) is 35.5. The van der Waals surface area contributed by atoms with Crippen LogP contribution in [0, 0.1) is 12.8 Å². The van der Waals surface area contributed by atoms with Gasteiger partial charge in [-0.2, -0.15) is 0 Å². The number of phenols is 1. The molecule has 1 amide bonds. The van der Waals surface area contributed by atoms with E-state index in [2.05, 4.69) is 10.3 Å². The zero-order valence-electron chi connectivity index (χ0n) is 27.9. The second kappa shape index (κ2) is 14.0. The number of aliphatic hydroxyl groups excluding tert-OH is 1. The van der Waals surface area contributed by atoms with Crippen molar-refractivity contribution in [3.05, 3.63) is 92.1 Å². The number of amides is 1. The first-order valence-corrected chi connectivity index (χ1v) is 16.1. The van der Waals surface area contributed by atoms with E-state index >= 15 is 0 Å². The van der Waals surface area contributed by atoms with Crippen LogP contribution in [0.4, 0.5) is 5.69 Å². The maximum absolute atomic E-state index is 13.1. The average molecular weight is 695 g/mol. The van der Waals surface area contributed by atoms with Gasteiger partial charge in [-0.3, -0.25) is 4.79 Å². The predicted octanol–water partition coefficient (Wildman–Crippen LogP) is 6.38. The number of fused-ring (bicyclic) bond motifs is 1. The molecule has 13 heteroatoms. The predicted molar refractivity (Wildman–Crippen MR) is 182 cm³/mol. The summed E-state index contributed by atoms with van der Waals surface area (Å²) in [5.41, 5.74) is -0.0793. The van der Waals surface area contributed by atoms with E-state index < -0.39 is 59.0 Å². The Morgan fingerprint density at radius 3 is 2.51 bits per heavy atom. The summed E-state index contributed by atoms with van der Waals surface area (Å²) in [5, 5.41) is 34.8. The highest BCUT2D eigenvalue weighted by molar-refractivity contribution is 6.36. The molecule has 5 rings (SSSR count). The Kier molecular flexibility index (Phi) is 10.1. The van der Waals surface area contributed by atoms with Crippen LogP contribution in [0.1, 0.15) is 73.1 Å². The van der Waals surface area contributed by atoms with Gasteiger partial charge in [0.2, 0.25) is 6.29 Å². The third-order valence-electron chi connectivity index (χ3n) is 8.57. The summed E-state index contributed by atoms with van der Waals surface area (Å²) in [4.78, 5) is 42.0. The van der Waals surface area contributed by atoms with E-state index in [4.69, 9.17) is 30.2 Å². The molecule has 3 heterocycles. The molecule has 1 aliphatic rings. The zero-order valence-corrected chi connectivity index (χ0v) is 28.7. The number of phenolic OH excluding ortho intramolecular Hbond substituents is 1. The number of aryl methyl sites for hydroxylation is 1. The number of hydrogen-bond acceptors (Lipinski definition) is 10. The number of rotatable bonds is 9. The molecule has 2 aromatic heterocycles. The number of H-pyrrole nitrogens is 1. The lowest BCUT2D eigenvalue weighted by molar-refractivity contribution is -0.287. The van der Waals surface area contributed by atoms with Crippen molar-refractivity contribution in [2.75, 3.05) is 5.32 Å². The van der Waals surface area contributed by atoms with Crippen molar-refractivity contribution in [1.29, 1.82) is 0 Å². The molecule has 0 saturated carbocycles. The molecule has 0 radical (unpaired) electrons. The molecule has 4 atom stereocenters. The number of hydrogen-bond donors (Lipinski definition) is 5. The van der Waals surface area contributed by atoms with Crippen molar-refractivity contribution in [1.82, 2.24) is 4.98 Å². The van der Waals surface area contributed by atoms with Gasteiger partial charge in [0.25, 0.3) is 5.91 Å². The van der Waals surface area contributed by atoms with Crippen molar-refractivity contribution in [3.8, 4) is 17.2 Å². The minimum Gasteiger partial charge on any atom is -0.508 e. The molecular weight excluding hydrogens is 656 g/mol. The van der Waals surface area contributed by atoms with Crippen LogP contribution in [0.25, 0.3) is 11.0 Å². The highest BCUT2D eigenvalue weighted by Crippen LogP contribution is 2.42. The van der Waals surface area contributed by atoms with Crippen LogP contribution < -0.4 is 15.7 Å². The molecule has 1 saturated heterocycles. The number of aromatic amines is 1. The summed E-state index contributed by atoms with van der Waals surface area (Å²) in [6.45, 7) is 11.1. The van der Waals surface area contributed by atoms with Gasteiger partial charge in [0.1, 0.15) is 28.3 Å². The van der Waals surface area contributed by atoms with Crippen LogP contribution in [-0.4, -0.2) is 56.3 Å². The molecule has 5 N–H and O–H groups in total. The maximum atomic E-state index is 13.1. The number of nitrogens with one attached hydrogen (secondary N) is 2. The fourth-order valence-corrected chi connectivity index (χ4v) is 6.19. The molecule has 0 bridgehead atoms. The highest BCUT2D eigenvalue weighted by atomic mass is 35.5. The SMILES string of the molecule is CC[C@@H]1[C@@H](OC(=O)c2ccc(C)[nH]2)[C@@H](O)[C@H](Oc2ccc3c(O)c(NC(=O)c4ccc(O)c(CC=C(C)C)c4)c(=O)oc3c2Cl)OC1(C)C. The van der Waals surface area contributed by atoms with Crippen molar-refractivity contribution >= 4 is 40.1 Å². The minimum absolute atomic E-state index is 0.00765. The number of aromatic nitrogens is 1. The van der Waals surface area contributed by atoms with Gasteiger partial charge in [0.05, 0.1) is 11.0 Å². The van der Waals surface area contributed by atoms with Crippen molar-refractivity contribution in [2.24, 2.45) is 5.92 Å². The third-order valence-corrected chi connectivity index (χ3v) is 8.92. The van der Waals surface area contributed by atoms with E-state index in [0.29, 0.717) is 18.4 Å². The van der Waals surface area contributed by atoms with E-state index in [1.54, 1.807) is 32.9 Å². The van der Waals surface area contributed by atoms with Crippen LogP contribution in [-0.2, 0) is 15.9 Å². The van der Waals surface area contributed by atoms with Crippen LogP contribution in [0.3, 0.4) is 0 Å². The fraction of sp³-hybridized carbons (Fsp3) is 0.361. The molecule has 12 nitrogen and oxygen atoms in total. The standard InChI is InChI=1S/C36H39ClN2O10/c1-7-22-31(48-33(44)23-13-9-18(4)38-23)29(42)35(49-36(22,5)6)46-25-15-12-21-28(41)27(34(45)47-30(21)26(25)37)39-32(43)20-11-14-24(40)19(16-20)10-8-17(2)3/h8-9,11-16,22,29,31,35,38,40-42H,7,10H2,1-6H3,(H,39,43)/t22-,29-,31-,35-/m1/s1. The lowest BCUT2D eigenvalue weighted by Gasteiger charge is -2.48. The molecule has 2 aromatic carbocycles. The number of ether oxygens (including phenoxy) is 3. The topological polar surface area (TPSA) is 181 Å². The van der Waals surface area contributed by atoms with Gasteiger partial charge in [-0.1, -0.05) is 30.2 Å². The smallest absolute Gasteiger partial charge is 0.364 e. The molecular formula is C36H39ClN2O10. The van der Waals surface area contributed by atoms with E-state index in [1.165, 1.54) is 30.3 Å². The van der Waals surface area contributed by atoms with Crippen LogP contribution >= 0.6 is 11.6 Å². The van der Waals surface area contributed by atoms with Gasteiger partial charge in [-0.25, -0.2) is 9.59 Å². The van der Waals surface area contributed by atoms with E-state index in [9.17, 15) is 29.7 Å². The second-order valence-corrected chi connectivity index (χ2v) is 13.2. The Morgan fingerprint density at radius 2 is 1.86 bits per heavy atom. The summed E-state index contributed by atoms with van der Waals surface area (Å²) >= 11 is 6.61. The van der Waals surface area contributed by atoms with Gasteiger partial charge in [-0.15, -0.1) is 0 Å². The molecule has 1 fully saturated rings. The molecule has 0 spiro atoms. The molecule has 0 unspecified atom stereocenters. The normalized spacial score (nSPS) is 20.1. The summed E-state index contributed by atoms with van der Waals surface area (Å²) in [6.07, 6.45) is -1.02. The third kappa shape index (κ3) is 7.31. The lowest BCUT2D eigenvalue weighted by atomic mass is 9.79. The fourth-order valence-electron chi connectivity index (χ4n) is 5.94. The number of carbonyl (C=O) groups is 2. The monoisotopic (exact) mass is 694 g/mol. The average Bonchev–Trinajstić information content (AvgIpc) is 3.48. The van der Waals surface area contributed by atoms with Gasteiger partial charge in [0, 0.05) is 17.2 Å². The lowest BCUT2D eigenvalue weighted by Crippen LogP contribution is -2.61. The number of esters is 1. The molecule has 4 aromatic rings. The maximum Gasteiger partial charge on any atom is 0.364 e. The number of benzene rings is 2. The number of aliphatic hydroxyl groups is 1. The molecule has 1 aliphatic heterocycles. The minimum atomic E-state index is -1.44. The van der Waals surface area contributed by atoms with Gasteiger partial charge >= 0.3 is 11.6 Å². The summed E-state index contributed by atoms with van der Waals surface area (Å²) in [5.74, 6) is -2.40. The number of halogens is 1. The van der Waals surface area contributed by atoms with E-state index in [1.807, 2.05) is 26.8 Å². The van der Waals surface area contributed by atoms with Crippen molar-refractivity contribution < 1.29 is 43.5 Å². The summed E-state index contributed by atoms with van der Waals surface area (Å²) < 4.78 is 23.4. The summed E-state index contributed by atoms with van der Waals surface area (Å²) in [6, 6.07) is 10.3. The first-order chi connectivity index (χ1) is 23.1. The molecule has 49 heavy (non-hydrogen) atoms.